The van der Waals surface area contributed by atoms with E-state index in [2.05, 4.69) is 12.1 Å². The van der Waals surface area contributed by atoms with Crippen molar-refractivity contribution in [2.24, 2.45) is 0 Å². The first-order valence-electron chi connectivity index (χ1n) is 11.4. The van der Waals surface area contributed by atoms with Crippen molar-refractivity contribution >= 4 is 19.6 Å². The van der Waals surface area contributed by atoms with Crippen molar-refractivity contribution in [1.82, 2.24) is 0 Å². The molecule has 2 aliphatic carbocycles. The molecule has 2 atom stereocenters. The van der Waals surface area contributed by atoms with Gasteiger partial charge in [-0.2, -0.15) is 0 Å². The molecular formula is C23H36O2P2. The summed E-state index contributed by atoms with van der Waals surface area (Å²) in [6.45, 7) is 0. The van der Waals surface area contributed by atoms with Gasteiger partial charge in [-0.05, 0) is 38.5 Å². The molecule has 4 rings (SSSR count). The highest BCUT2D eigenvalue weighted by Crippen LogP contribution is 2.68. The SMILES string of the molecule is O=P(CC1CCC[P@]1(=O)c1ccccc1)(C1CCCCC1)C1CCCCC1. The maximum absolute atomic E-state index is 14.7. The summed E-state index contributed by atoms with van der Waals surface area (Å²) in [7, 11) is -4.70. The molecule has 0 radical (unpaired) electrons. The van der Waals surface area contributed by atoms with Gasteiger partial charge in [0.05, 0.1) is 7.14 Å². The summed E-state index contributed by atoms with van der Waals surface area (Å²) in [6, 6.07) is 10.2. The zero-order valence-electron chi connectivity index (χ0n) is 16.7. The zero-order chi connectivity index (χ0) is 18.7. The van der Waals surface area contributed by atoms with Crippen LogP contribution in [0.15, 0.2) is 30.3 Å². The average molecular weight is 406 g/mol. The van der Waals surface area contributed by atoms with E-state index in [1.807, 2.05) is 18.2 Å². The highest BCUT2D eigenvalue weighted by molar-refractivity contribution is 7.74. The van der Waals surface area contributed by atoms with Gasteiger partial charge < -0.3 is 9.13 Å². The van der Waals surface area contributed by atoms with E-state index < -0.39 is 14.3 Å². The topological polar surface area (TPSA) is 34.1 Å². The van der Waals surface area contributed by atoms with Crippen LogP contribution in [0.5, 0.6) is 0 Å². The molecule has 1 heterocycles. The van der Waals surface area contributed by atoms with Gasteiger partial charge in [0.25, 0.3) is 0 Å². The molecule has 1 saturated heterocycles. The Morgan fingerprint density at radius 2 is 1.33 bits per heavy atom. The molecule has 3 aliphatic rings. The molecule has 0 aromatic heterocycles. The Bertz CT molecular complexity index is 680. The summed E-state index contributed by atoms with van der Waals surface area (Å²) < 4.78 is 28.7. The van der Waals surface area contributed by atoms with Gasteiger partial charge in [0.15, 0.2) is 0 Å². The standard InChI is InChI=1S/C23H36O2P2/c24-26(20-11-4-1-5-12-20)18-10-17-23(26)19-27(25,21-13-6-2-7-14-21)22-15-8-3-9-16-22/h1,4-5,11-12,21-23H,2-3,6-10,13-19H2/t23?,26-/m0/s1. The van der Waals surface area contributed by atoms with Crippen LogP contribution in [0, 0.1) is 0 Å². The van der Waals surface area contributed by atoms with Gasteiger partial charge in [-0.25, -0.2) is 0 Å². The number of benzene rings is 1. The minimum atomic E-state index is -2.40. The summed E-state index contributed by atoms with van der Waals surface area (Å²) in [4.78, 5) is 0. The Kier molecular flexibility index (Phi) is 6.35. The van der Waals surface area contributed by atoms with Crippen LogP contribution in [0.1, 0.15) is 77.0 Å². The first-order valence-corrected chi connectivity index (χ1v) is 15.3. The van der Waals surface area contributed by atoms with Crippen LogP contribution in [-0.2, 0) is 9.13 Å². The second kappa shape index (κ2) is 8.59. The second-order valence-electron chi connectivity index (χ2n) is 9.27. The Morgan fingerprint density at radius 1 is 0.778 bits per heavy atom. The van der Waals surface area contributed by atoms with Crippen molar-refractivity contribution < 1.29 is 9.13 Å². The smallest absolute Gasteiger partial charge is 0.119 e. The summed E-state index contributed by atoms with van der Waals surface area (Å²) in [5, 5.41) is 1.05. The fourth-order valence-electron chi connectivity index (χ4n) is 6.16. The lowest BCUT2D eigenvalue weighted by atomic mass is 9.99. The van der Waals surface area contributed by atoms with Gasteiger partial charge in [0, 0.05) is 34.6 Å². The molecular weight excluding hydrogens is 370 g/mol. The van der Waals surface area contributed by atoms with Crippen molar-refractivity contribution in [3.63, 3.8) is 0 Å². The molecule has 0 bridgehead atoms. The molecule has 1 aromatic rings. The zero-order valence-corrected chi connectivity index (χ0v) is 18.5. The second-order valence-corrected chi connectivity index (χ2v) is 16.1. The van der Waals surface area contributed by atoms with Crippen molar-refractivity contribution in [3.8, 4) is 0 Å². The third kappa shape index (κ3) is 4.04. The third-order valence-electron chi connectivity index (χ3n) is 7.69. The van der Waals surface area contributed by atoms with Gasteiger partial charge in [0.1, 0.15) is 7.14 Å². The maximum atomic E-state index is 14.7. The number of hydrogen-bond acceptors (Lipinski definition) is 2. The quantitative estimate of drug-likeness (QED) is 0.500. The lowest BCUT2D eigenvalue weighted by Gasteiger charge is -2.40. The Balaban J connectivity index is 1.62. The van der Waals surface area contributed by atoms with Crippen LogP contribution in [0.25, 0.3) is 0 Å². The van der Waals surface area contributed by atoms with Crippen molar-refractivity contribution in [1.29, 1.82) is 0 Å². The normalized spacial score (nSPS) is 31.2. The van der Waals surface area contributed by atoms with E-state index >= 15 is 0 Å². The Hall–Kier alpha value is -0.320. The van der Waals surface area contributed by atoms with Crippen LogP contribution in [-0.4, -0.2) is 29.3 Å². The van der Waals surface area contributed by atoms with Gasteiger partial charge in [-0.1, -0.05) is 68.9 Å². The Labute approximate surface area is 165 Å². The minimum absolute atomic E-state index is 0.176. The van der Waals surface area contributed by atoms with E-state index in [0.29, 0.717) is 11.3 Å². The molecule has 3 fully saturated rings. The molecule has 2 saturated carbocycles. The van der Waals surface area contributed by atoms with E-state index in [0.717, 1.165) is 56.2 Å². The third-order valence-corrected chi connectivity index (χ3v) is 16.3. The van der Waals surface area contributed by atoms with Crippen molar-refractivity contribution in [3.05, 3.63) is 30.3 Å². The van der Waals surface area contributed by atoms with Crippen LogP contribution in [0.4, 0.5) is 0 Å². The molecule has 150 valence electrons. The van der Waals surface area contributed by atoms with E-state index in [4.69, 9.17) is 0 Å². The molecule has 4 heteroatoms. The van der Waals surface area contributed by atoms with Gasteiger partial charge in [-0.15, -0.1) is 0 Å². The van der Waals surface area contributed by atoms with Crippen LogP contribution < -0.4 is 5.30 Å². The number of hydrogen-bond donors (Lipinski definition) is 0. The molecule has 2 nitrogen and oxygen atoms in total. The number of rotatable bonds is 5. The molecule has 1 unspecified atom stereocenters. The summed E-state index contributed by atoms with van der Waals surface area (Å²) >= 11 is 0. The predicted molar refractivity (Wildman–Crippen MR) is 118 cm³/mol. The fraction of sp³-hybridized carbons (Fsp3) is 0.739. The van der Waals surface area contributed by atoms with E-state index in [1.165, 1.54) is 38.5 Å². The Morgan fingerprint density at radius 3 is 1.89 bits per heavy atom. The van der Waals surface area contributed by atoms with Crippen molar-refractivity contribution in [2.75, 3.05) is 12.3 Å². The van der Waals surface area contributed by atoms with Crippen molar-refractivity contribution in [2.45, 2.75) is 94.0 Å². The lowest BCUT2D eigenvalue weighted by Crippen LogP contribution is -2.29. The first kappa shape index (κ1) is 20.0. The minimum Gasteiger partial charge on any atom is -0.323 e. The summed E-state index contributed by atoms with van der Waals surface area (Å²) in [6.07, 6.45) is 16.0. The summed E-state index contributed by atoms with van der Waals surface area (Å²) in [5.74, 6) is 0. The van der Waals surface area contributed by atoms with Crippen LogP contribution in [0.2, 0.25) is 0 Å². The molecule has 0 amide bonds. The molecule has 0 spiro atoms. The molecule has 1 aliphatic heterocycles. The molecule has 1 aromatic carbocycles. The maximum Gasteiger partial charge on any atom is 0.119 e. The average Bonchev–Trinajstić information content (AvgIpc) is 3.11. The first-order chi connectivity index (χ1) is 13.1. The van der Waals surface area contributed by atoms with Crippen LogP contribution in [0.3, 0.4) is 0 Å². The predicted octanol–water partition coefficient (Wildman–Crippen LogP) is 6.87. The van der Waals surface area contributed by atoms with Crippen LogP contribution >= 0.6 is 14.3 Å². The van der Waals surface area contributed by atoms with E-state index in [9.17, 15) is 9.13 Å². The van der Waals surface area contributed by atoms with Gasteiger partial charge in [0.2, 0.25) is 0 Å². The van der Waals surface area contributed by atoms with Gasteiger partial charge >= 0.3 is 0 Å². The van der Waals surface area contributed by atoms with E-state index in [-0.39, 0.29) is 5.66 Å². The van der Waals surface area contributed by atoms with E-state index in [1.54, 1.807) is 0 Å². The summed E-state index contributed by atoms with van der Waals surface area (Å²) in [5.41, 5.74) is 1.04. The van der Waals surface area contributed by atoms with Gasteiger partial charge in [-0.3, -0.25) is 0 Å². The molecule has 27 heavy (non-hydrogen) atoms. The highest BCUT2D eigenvalue weighted by Gasteiger charge is 2.48. The highest BCUT2D eigenvalue weighted by atomic mass is 31.2. The monoisotopic (exact) mass is 406 g/mol. The fourth-order valence-corrected chi connectivity index (χ4v) is 15.5. The largest absolute Gasteiger partial charge is 0.323 e. The lowest BCUT2D eigenvalue weighted by molar-refractivity contribution is 0.446. The molecule has 0 N–H and O–H groups in total.